The van der Waals surface area contributed by atoms with Crippen molar-refractivity contribution in [3.8, 4) is 61.8 Å². The normalized spacial score (nSPS) is 11.4. The molecular formula is C60H50IrN4OSi-2. The van der Waals surface area contributed by atoms with Crippen molar-refractivity contribution in [2.24, 2.45) is 5.92 Å². The van der Waals surface area contributed by atoms with Crippen LogP contribution in [0.5, 0.6) is 0 Å². The van der Waals surface area contributed by atoms with E-state index in [4.69, 9.17) is 14.4 Å². The maximum absolute atomic E-state index is 6.62. The monoisotopic (exact) mass is 1060 g/mol. The van der Waals surface area contributed by atoms with E-state index in [0.29, 0.717) is 17.2 Å². The number of hydrogen-bond donors (Lipinski definition) is 0. The van der Waals surface area contributed by atoms with Gasteiger partial charge in [-0.1, -0.05) is 177 Å². The van der Waals surface area contributed by atoms with Gasteiger partial charge in [0.2, 0.25) is 5.71 Å². The summed E-state index contributed by atoms with van der Waals surface area (Å²) in [7, 11) is -1.34. The number of hydrogen-bond acceptors (Lipinski definition) is 4. The van der Waals surface area contributed by atoms with E-state index in [1.807, 2.05) is 48.5 Å². The van der Waals surface area contributed by atoms with Gasteiger partial charge in [0.1, 0.15) is 0 Å². The molecule has 0 aliphatic rings. The number of nitrogens with zero attached hydrogens (tertiary/aromatic N) is 4. The molecule has 0 spiro atoms. The van der Waals surface area contributed by atoms with Gasteiger partial charge in [0, 0.05) is 48.4 Å². The predicted octanol–water partition coefficient (Wildman–Crippen LogP) is 15.1. The van der Waals surface area contributed by atoms with Crippen LogP contribution < -0.4 is 5.19 Å². The van der Waals surface area contributed by atoms with Gasteiger partial charge in [0.05, 0.1) is 41.9 Å². The van der Waals surface area contributed by atoms with Gasteiger partial charge in [-0.15, -0.1) is 54.1 Å². The smallest absolute Gasteiger partial charge is 0.216 e. The van der Waals surface area contributed by atoms with Crippen molar-refractivity contribution in [3.05, 3.63) is 212 Å². The zero-order chi connectivity index (χ0) is 45.2. The van der Waals surface area contributed by atoms with Gasteiger partial charge in [-0.3, -0.25) is 4.98 Å². The van der Waals surface area contributed by atoms with Crippen LogP contribution in [-0.2, 0) is 26.5 Å². The number of para-hydroxylation sites is 3. The van der Waals surface area contributed by atoms with Crippen molar-refractivity contribution in [3.63, 3.8) is 0 Å². The topological polar surface area (TPSA) is 56.7 Å². The van der Waals surface area contributed by atoms with Gasteiger partial charge in [-0.05, 0) is 58.6 Å². The molecule has 0 unspecified atom stereocenters. The van der Waals surface area contributed by atoms with Crippen LogP contribution in [0, 0.1) is 18.1 Å². The van der Waals surface area contributed by atoms with Crippen LogP contribution in [0.4, 0.5) is 0 Å². The first-order valence-electron chi connectivity index (χ1n) is 22.7. The minimum Gasteiger partial charge on any atom is -0.486 e. The van der Waals surface area contributed by atoms with Gasteiger partial charge < -0.3 is 14.0 Å². The third-order valence-corrected chi connectivity index (χ3v) is 14.1. The molecule has 11 aromatic rings. The van der Waals surface area contributed by atoms with Crippen LogP contribution in [0.3, 0.4) is 0 Å². The Kier molecular flexibility index (Phi) is 13.1. The third-order valence-electron chi connectivity index (χ3n) is 12.0. The summed E-state index contributed by atoms with van der Waals surface area (Å²) in [6, 6.07) is 71.4. The van der Waals surface area contributed by atoms with Crippen molar-refractivity contribution in [2.75, 3.05) is 0 Å². The molecule has 0 atom stereocenters. The number of aromatic nitrogens is 4. The van der Waals surface area contributed by atoms with Gasteiger partial charge >= 0.3 is 0 Å². The maximum atomic E-state index is 6.62. The number of rotatable bonds is 9. The molecule has 4 heterocycles. The van der Waals surface area contributed by atoms with E-state index >= 15 is 0 Å². The summed E-state index contributed by atoms with van der Waals surface area (Å²) in [4.78, 5) is 14.9. The maximum Gasteiger partial charge on any atom is 0.216 e. The third kappa shape index (κ3) is 9.24. The minimum absolute atomic E-state index is 0. The first-order valence-corrected chi connectivity index (χ1v) is 26.2. The summed E-state index contributed by atoms with van der Waals surface area (Å²) in [5, 5.41) is 3.43. The van der Waals surface area contributed by atoms with Crippen LogP contribution in [0.1, 0.15) is 19.4 Å². The minimum atomic E-state index is -1.34. The summed E-state index contributed by atoms with van der Waals surface area (Å²) in [5.41, 5.74) is 15.0. The van der Waals surface area contributed by atoms with E-state index in [1.165, 1.54) is 10.8 Å². The Morgan fingerprint density at radius 1 is 0.597 bits per heavy atom. The molecule has 0 saturated carbocycles. The zero-order valence-electron chi connectivity index (χ0n) is 38.3. The van der Waals surface area contributed by atoms with Gasteiger partial charge in [-0.2, -0.15) is 0 Å². The molecule has 7 aromatic carbocycles. The first-order chi connectivity index (χ1) is 32.2. The summed E-state index contributed by atoms with van der Waals surface area (Å²) in [6.07, 6.45) is 3.24. The number of furan rings is 1. The second-order valence-electron chi connectivity index (χ2n) is 18.2. The molecule has 11 rings (SSSR count). The predicted molar refractivity (Wildman–Crippen MR) is 277 cm³/mol. The molecule has 331 valence electrons. The van der Waals surface area contributed by atoms with E-state index in [9.17, 15) is 0 Å². The molecule has 0 fully saturated rings. The molecule has 0 N–H and O–H groups in total. The number of pyridine rings is 2. The van der Waals surface area contributed by atoms with E-state index in [0.717, 1.165) is 90.1 Å². The molecule has 5 nitrogen and oxygen atoms in total. The van der Waals surface area contributed by atoms with Gasteiger partial charge in [0.15, 0.2) is 0 Å². The fraction of sp³-hybridized carbons (Fsp3) is 0.117. The Morgan fingerprint density at radius 3 is 1.88 bits per heavy atom. The molecule has 0 saturated heterocycles. The van der Waals surface area contributed by atoms with E-state index in [-0.39, 0.29) is 20.1 Å². The average Bonchev–Trinajstić information content (AvgIpc) is 3.93. The summed E-state index contributed by atoms with van der Waals surface area (Å²) in [5.74, 6) is 1.43. The number of fused-ring (bicyclic) bond motifs is 4. The van der Waals surface area contributed by atoms with E-state index in [1.54, 1.807) is 0 Å². The van der Waals surface area contributed by atoms with Crippen molar-refractivity contribution >= 4 is 46.4 Å². The number of imidazole rings is 1. The van der Waals surface area contributed by atoms with Crippen molar-refractivity contribution < 1.29 is 24.5 Å². The fourth-order valence-electron chi connectivity index (χ4n) is 8.94. The summed E-state index contributed by atoms with van der Waals surface area (Å²) in [6.45, 7) is 11.7. The van der Waals surface area contributed by atoms with Crippen molar-refractivity contribution in [2.45, 2.75) is 39.9 Å². The second-order valence-corrected chi connectivity index (χ2v) is 23.2. The summed E-state index contributed by atoms with van der Waals surface area (Å²) >= 11 is 0. The second kappa shape index (κ2) is 19.4. The Balaban J connectivity index is 0.000000226. The molecule has 0 amide bonds. The average molecular weight is 1060 g/mol. The van der Waals surface area contributed by atoms with Crippen LogP contribution in [0.15, 0.2) is 199 Å². The molecule has 0 aliphatic carbocycles. The first kappa shape index (κ1) is 45.1. The van der Waals surface area contributed by atoms with E-state index < -0.39 is 8.07 Å². The van der Waals surface area contributed by atoms with Gasteiger partial charge in [-0.25, -0.2) is 4.98 Å². The Labute approximate surface area is 407 Å². The van der Waals surface area contributed by atoms with Crippen LogP contribution in [-0.4, -0.2) is 27.6 Å². The molecular weight excluding hydrogens is 1010 g/mol. The quantitative estimate of drug-likeness (QED) is 0.107. The molecule has 0 bridgehead atoms. The summed E-state index contributed by atoms with van der Waals surface area (Å²) < 4.78 is 8.90. The van der Waals surface area contributed by atoms with Crippen molar-refractivity contribution in [1.82, 2.24) is 19.5 Å². The molecule has 1 radical (unpaired) electrons. The SMILES string of the molecule is CC(C)Cc1cc(-c2[c-]cccc2)ncc1[Si](C)(C)C.[Ir].[c-]1ccc2c(oc3nc(-c4ccccc4)ccc32)c1-c1nc2ccccc2n1-c1c(-c2ccccc2)cccc1-c1ccccc1. The molecule has 4 aromatic heterocycles. The Bertz CT molecular complexity index is 3390. The van der Waals surface area contributed by atoms with Crippen LogP contribution in [0.2, 0.25) is 19.6 Å². The molecule has 0 aliphatic heterocycles. The standard InChI is InChI=1S/C42H26N3O.C18H24NSi.Ir/c1-4-14-28(15-5-1)31-20-12-21-32(29-16-6-2-7-17-29)39(31)45-38-25-11-10-24-37(38)43-41(45)35-23-13-22-33-34-26-27-36(30-18-8-3-9-19-30)44-42(34)46-40(33)35;1-14(2)11-16-12-17(15-9-7-6-8-10-15)19-13-18(16)20(3,4)5;/h1-22,24-27H;6-9,12-14H,11H2,1-5H3;/q2*-1;. The van der Waals surface area contributed by atoms with Crippen LogP contribution >= 0.6 is 0 Å². The van der Waals surface area contributed by atoms with E-state index in [2.05, 4.69) is 201 Å². The largest absolute Gasteiger partial charge is 0.486 e. The zero-order valence-corrected chi connectivity index (χ0v) is 41.7. The van der Waals surface area contributed by atoms with Gasteiger partial charge in [0.25, 0.3) is 0 Å². The van der Waals surface area contributed by atoms with Crippen molar-refractivity contribution in [1.29, 1.82) is 0 Å². The molecule has 67 heavy (non-hydrogen) atoms. The Hall–Kier alpha value is -7.02. The molecule has 7 heteroatoms. The number of benzene rings is 7. The Morgan fingerprint density at radius 2 is 1.24 bits per heavy atom. The van der Waals surface area contributed by atoms with Crippen LogP contribution in [0.25, 0.3) is 94.9 Å². The fourth-order valence-corrected chi connectivity index (χ4v) is 10.5.